The van der Waals surface area contributed by atoms with E-state index >= 15 is 0 Å². The van der Waals surface area contributed by atoms with Gasteiger partial charge >= 0.3 is 0 Å². The van der Waals surface area contributed by atoms with E-state index < -0.39 is 0 Å². The predicted octanol–water partition coefficient (Wildman–Crippen LogP) is 2.13. The highest BCUT2D eigenvalue weighted by molar-refractivity contribution is 8.13. The van der Waals surface area contributed by atoms with Crippen molar-refractivity contribution in [1.29, 1.82) is 0 Å². The molecule has 0 radical (unpaired) electrons. The van der Waals surface area contributed by atoms with E-state index in [-0.39, 0.29) is 0 Å². The van der Waals surface area contributed by atoms with Gasteiger partial charge in [-0.15, -0.1) is 0 Å². The van der Waals surface area contributed by atoms with E-state index in [2.05, 4.69) is 24.2 Å². The van der Waals surface area contributed by atoms with E-state index in [9.17, 15) is 0 Å². The van der Waals surface area contributed by atoms with E-state index in [4.69, 9.17) is 4.74 Å². The fourth-order valence-corrected chi connectivity index (χ4v) is 2.49. The number of ether oxygens (including phenoxy) is 1. The van der Waals surface area contributed by atoms with Gasteiger partial charge in [0.15, 0.2) is 5.17 Å². The highest BCUT2D eigenvalue weighted by Gasteiger charge is 2.23. The Morgan fingerprint density at radius 3 is 2.94 bits per heavy atom. The van der Waals surface area contributed by atoms with Crippen molar-refractivity contribution >= 4 is 16.9 Å². The predicted molar refractivity (Wildman–Crippen MR) is 70.1 cm³/mol. The van der Waals surface area contributed by atoms with Crippen molar-refractivity contribution in [3.8, 4) is 0 Å². The highest BCUT2D eigenvalue weighted by Crippen LogP contribution is 2.28. The van der Waals surface area contributed by atoms with Crippen molar-refractivity contribution < 1.29 is 4.74 Å². The maximum Gasteiger partial charge on any atom is 0.156 e. The second kappa shape index (κ2) is 5.41. The van der Waals surface area contributed by atoms with E-state index in [1.807, 2.05) is 11.8 Å². The quantitative estimate of drug-likeness (QED) is 0.750. The van der Waals surface area contributed by atoms with Crippen molar-refractivity contribution in [3.05, 3.63) is 0 Å². The minimum Gasteiger partial charge on any atom is -0.379 e. The first kappa shape index (κ1) is 12.2. The molecule has 2 rings (SSSR count). The number of nitrogens with one attached hydrogen (secondary N) is 1. The normalized spacial score (nSPS) is 24.0. The third-order valence-electron chi connectivity index (χ3n) is 2.82. The van der Waals surface area contributed by atoms with Crippen LogP contribution in [0.25, 0.3) is 0 Å². The van der Waals surface area contributed by atoms with Crippen LogP contribution < -0.4 is 5.32 Å². The van der Waals surface area contributed by atoms with Crippen molar-refractivity contribution in [3.63, 3.8) is 0 Å². The van der Waals surface area contributed by atoms with Gasteiger partial charge in [0.05, 0.1) is 6.61 Å². The Kier molecular flexibility index (Phi) is 4.14. The van der Waals surface area contributed by atoms with Gasteiger partial charge in [0.1, 0.15) is 0 Å². The molecular formula is C12H22N2OS. The SMILES string of the molecule is CC1(C)CN=C(NCCOCC2CC2)SC1. The van der Waals surface area contributed by atoms with Crippen LogP contribution in [0.2, 0.25) is 0 Å². The third kappa shape index (κ3) is 4.34. The zero-order valence-corrected chi connectivity index (χ0v) is 11.1. The molecule has 0 aromatic rings. The molecule has 16 heavy (non-hydrogen) atoms. The molecule has 1 N–H and O–H groups in total. The lowest BCUT2D eigenvalue weighted by molar-refractivity contribution is 0.129. The molecule has 0 saturated heterocycles. The number of hydrogen-bond acceptors (Lipinski definition) is 4. The minimum absolute atomic E-state index is 0.359. The molecule has 0 aromatic carbocycles. The Morgan fingerprint density at radius 2 is 2.31 bits per heavy atom. The Hall–Kier alpha value is -0.220. The molecule has 2 aliphatic rings. The van der Waals surface area contributed by atoms with Gasteiger partial charge in [-0.05, 0) is 24.2 Å². The summed E-state index contributed by atoms with van der Waals surface area (Å²) in [4.78, 5) is 4.54. The van der Waals surface area contributed by atoms with Gasteiger partial charge in [-0.1, -0.05) is 25.6 Å². The van der Waals surface area contributed by atoms with Gasteiger partial charge in [0.25, 0.3) is 0 Å². The van der Waals surface area contributed by atoms with Crippen LogP contribution in [0.1, 0.15) is 26.7 Å². The van der Waals surface area contributed by atoms with E-state index in [1.165, 1.54) is 12.8 Å². The molecule has 0 atom stereocenters. The summed E-state index contributed by atoms with van der Waals surface area (Å²) in [5.74, 6) is 2.02. The molecular weight excluding hydrogens is 220 g/mol. The van der Waals surface area contributed by atoms with Crippen LogP contribution >= 0.6 is 11.8 Å². The van der Waals surface area contributed by atoms with E-state index in [1.54, 1.807) is 0 Å². The fraction of sp³-hybridized carbons (Fsp3) is 0.917. The zero-order chi connectivity index (χ0) is 11.4. The molecule has 92 valence electrons. The maximum absolute atomic E-state index is 5.56. The maximum atomic E-state index is 5.56. The van der Waals surface area contributed by atoms with Gasteiger partial charge < -0.3 is 10.1 Å². The number of thioether (sulfide) groups is 1. The van der Waals surface area contributed by atoms with E-state index in [0.29, 0.717) is 5.41 Å². The Bertz CT molecular complexity index is 262. The molecule has 1 aliphatic heterocycles. The molecule has 1 fully saturated rings. The van der Waals surface area contributed by atoms with Crippen molar-refractivity contribution in [2.75, 3.05) is 32.1 Å². The summed E-state index contributed by atoms with van der Waals surface area (Å²) in [6.45, 7) is 8.11. The summed E-state index contributed by atoms with van der Waals surface area (Å²) in [5, 5.41) is 4.43. The topological polar surface area (TPSA) is 33.6 Å². The summed E-state index contributed by atoms with van der Waals surface area (Å²) < 4.78 is 5.56. The fourth-order valence-electron chi connectivity index (χ4n) is 1.51. The molecule has 0 bridgehead atoms. The molecule has 4 heteroatoms. The number of aliphatic imine (C=N–C) groups is 1. The number of nitrogens with zero attached hydrogens (tertiary/aromatic N) is 1. The monoisotopic (exact) mass is 242 g/mol. The molecule has 1 aliphatic carbocycles. The lowest BCUT2D eigenvalue weighted by atomic mass is 9.97. The minimum atomic E-state index is 0.359. The lowest BCUT2D eigenvalue weighted by Gasteiger charge is -2.27. The van der Waals surface area contributed by atoms with Gasteiger partial charge in [0, 0.05) is 25.4 Å². The van der Waals surface area contributed by atoms with Crippen LogP contribution in [-0.2, 0) is 4.74 Å². The summed E-state index contributed by atoms with van der Waals surface area (Å²) in [6, 6.07) is 0. The molecule has 1 saturated carbocycles. The summed E-state index contributed by atoms with van der Waals surface area (Å²) >= 11 is 1.83. The average Bonchev–Trinajstić information content (AvgIpc) is 3.04. The van der Waals surface area contributed by atoms with Gasteiger partial charge in [0.2, 0.25) is 0 Å². The molecule has 0 unspecified atom stereocenters. The Morgan fingerprint density at radius 1 is 1.50 bits per heavy atom. The largest absolute Gasteiger partial charge is 0.379 e. The zero-order valence-electron chi connectivity index (χ0n) is 10.3. The lowest BCUT2D eigenvalue weighted by Crippen LogP contribution is -2.32. The molecule has 0 spiro atoms. The highest BCUT2D eigenvalue weighted by atomic mass is 32.2. The summed E-state index contributed by atoms with van der Waals surface area (Å²) in [7, 11) is 0. The van der Waals surface area contributed by atoms with Crippen molar-refractivity contribution in [2.45, 2.75) is 26.7 Å². The van der Waals surface area contributed by atoms with Gasteiger partial charge in [-0.2, -0.15) is 0 Å². The average molecular weight is 242 g/mol. The summed E-state index contributed by atoms with van der Waals surface area (Å²) in [5.41, 5.74) is 0.359. The first-order chi connectivity index (χ1) is 7.66. The first-order valence-corrected chi connectivity index (χ1v) is 7.13. The second-order valence-corrected chi connectivity index (χ2v) is 6.48. The Labute approximate surface area is 102 Å². The smallest absolute Gasteiger partial charge is 0.156 e. The standard InChI is InChI=1S/C12H22N2OS/c1-12(2)8-14-11(16-9-12)13-5-6-15-7-10-3-4-10/h10H,3-9H2,1-2H3,(H,13,14). The van der Waals surface area contributed by atoms with Crippen LogP contribution in [0, 0.1) is 11.3 Å². The van der Waals surface area contributed by atoms with E-state index in [0.717, 1.165) is 43.1 Å². The number of rotatable bonds is 5. The van der Waals surface area contributed by atoms with Crippen molar-refractivity contribution in [2.24, 2.45) is 16.3 Å². The van der Waals surface area contributed by atoms with Crippen LogP contribution in [0.4, 0.5) is 0 Å². The third-order valence-corrected chi connectivity index (χ3v) is 4.30. The van der Waals surface area contributed by atoms with Crippen LogP contribution in [0.15, 0.2) is 4.99 Å². The number of hydrogen-bond donors (Lipinski definition) is 1. The Balaban J connectivity index is 1.54. The van der Waals surface area contributed by atoms with Crippen LogP contribution in [-0.4, -0.2) is 37.2 Å². The van der Waals surface area contributed by atoms with Gasteiger partial charge in [-0.25, -0.2) is 0 Å². The summed E-state index contributed by atoms with van der Waals surface area (Å²) in [6.07, 6.45) is 2.73. The molecule has 0 aromatic heterocycles. The van der Waals surface area contributed by atoms with Crippen molar-refractivity contribution in [1.82, 2.24) is 5.32 Å². The molecule has 3 nitrogen and oxygen atoms in total. The van der Waals surface area contributed by atoms with Crippen LogP contribution in [0.5, 0.6) is 0 Å². The first-order valence-electron chi connectivity index (χ1n) is 6.15. The van der Waals surface area contributed by atoms with Crippen LogP contribution in [0.3, 0.4) is 0 Å². The number of amidine groups is 1. The molecule has 0 amide bonds. The van der Waals surface area contributed by atoms with Gasteiger partial charge in [-0.3, -0.25) is 4.99 Å². The second-order valence-electron chi connectivity index (χ2n) is 5.52. The molecule has 1 heterocycles.